The molecule has 0 bridgehead atoms. The molecule has 5 nitrogen and oxygen atoms in total. The molecule has 0 aliphatic rings. The number of rotatable bonds is 6. The van der Waals surface area contributed by atoms with E-state index in [1.54, 1.807) is 60.1 Å². The summed E-state index contributed by atoms with van der Waals surface area (Å²) in [5.41, 5.74) is 1.52. The number of amides is 1. The summed E-state index contributed by atoms with van der Waals surface area (Å²) < 4.78 is 26.3. The smallest absolute Gasteiger partial charge is 0.261 e. The Morgan fingerprint density at radius 2 is 1.92 bits per heavy atom. The molecule has 0 saturated heterocycles. The Hall–Kier alpha value is -2.51. The zero-order valence-corrected chi connectivity index (χ0v) is 15.8. The van der Waals surface area contributed by atoms with Gasteiger partial charge in [0.1, 0.15) is 5.25 Å². The molecule has 3 rings (SSSR count). The van der Waals surface area contributed by atoms with E-state index in [2.05, 4.69) is 10.3 Å². The second kappa shape index (κ2) is 7.80. The van der Waals surface area contributed by atoms with Crippen molar-refractivity contribution in [2.24, 2.45) is 0 Å². The van der Waals surface area contributed by atoms with Crippen molar-refractivity contribution in [1.29, 1.82) is 0 Å². The van der Waals surface area contributed by atoms with Gasteiger partial charge in [0, 0.05) is 18.9 Å². The highest BCUT2D eigenvalue weighted by molar-refractivity contribution is 7.91. The van der Waals surface area contributed by atoms with Crippen molar-refractivity contribution < 1.29 is 13.2 Å². The second-order valence-electron chi connectivity index (χ2n) is 5.82. The molecule has 3 aromatic rings. The van der Waals surface area contributed by atoms with Crippen LogP contribution in [0, 0.1) is 6.92 Å². The van der Waals surface area contributed by atoms with Gasteiger partial charge in [-0.05, 0) is 42.1 Å². The van der Waals surface area contributed by atoms with Crippen LogP contribution in [0.25, 0.3) is 0 Å². The minimum Gasteiger partial charge on any atom is -0.350 e. The van der Waals surface area contributed by atoms with Gasteiger partial charge in [-0.15, -0.1) is 11.3 Å². The minimum absolute atomic E-state index is 0.0291. The molecule has 134 valence electrons. The predicted molar refractivity (Wildman–Crippen MR) is 102 cm³/mol. The highest BCUT2D eigenvalue weighted by atomic mass is 32.2. The molecule has 2 aromatic heterocycles. The van der Waals surface area contributed by atoms with Crippen molar-refractivity contribution in [3.05, 3.63) is 82.3 Å². The fourth-order valence-corrected chi connectivity index (χ4v) is 4.83. The quantitative estimate of drug-likeness (QED) is 0.704. The molecule has 1 aromatic carbocycles. The molecule has 0 aliphatic heterocycles. The molecule has 2 heterocycles. The lowest BCUT2D eigenvalue weighted by atomic mass is 10.2. The van der Waals surface area contributed by atoms with E-state index in [-0.39, 0.29) is 17.3 Å². The standard InChI is InChI=1S/C19H18N2O3S2/c1-14-6-8-16(9-7-14)26(23,24)18(15-4-2-10-20-12-15)13-21-19(22)17-5-3-11-25-17/h2-12,18H,13H2,1H3,(H,21,22)/t18-/m1/s1. The van der Waals surface area contributed by atoms with E-state index in [1.165, 1.54) is 17.5 Å². The molecule has 1 amide bonds. The molecule has 1 atom stereocenters. The summed E-state index contributed by atoms with van der Waals surface area (Å²) in [6.07, 6.45) is 3.11. The molecule has 0 unspecified atom stereocenters. The topological polar surface area (TPSA) is 76.1 Å². The van der Waals surface area contributed by atoms with Gasteiger partial charge < -0.3 is 5.32 Å². The molecule has 0 saturated carbocycles. The molecule has 1 N–H and O–H groups in total. The first kappa shape index (κ1) is 18.3. The number of carbonyl (C=O) groups is 1. The second-order valence-corrected chi connectivity index (χ2v) is 8.90. The molecule has 0 aliphatic carbocycles. The van der Waals surface area contributed by atoms with Gasteiger partial charge >= 0.3 is 0 Å². The van der Waals surface area contributed by atoms with Crippen LogP contribution in [-0.4, -0.2) is 25.9 Å². The maximum Gasteiger partial charge on any atom is 0.261 e. The summed E-state index contributed by atoms with van der Waals surface area (Å²) in [4.78, 5) is 17.0. The van der Waals surface area contributed by atoms with Crippen LogP contribution in [0.3, 0.4) is 0 Å². The Kier molecular flexibility index (Phi) is 5.49. The number of nitrogens with zero attached hydrogens (tertiary/aromatic N) is 1. The summed E-state index contributed by atoms with van der Waals surface area (Å²) in [6, 6.07) is 13.6. The van der Waals surface area contributed by atoms with Crippen LogP contribution in [-0.2, 0) is 9.84 Å². The van der Waals surface area contributed by atoms with Gasteiger partial charge in [0.15, 0.2) is 9.84 Å². The van der Waals surface area contributed by atoms with Crippen molar-refractivity contribution in [2.75, 3.05) is 6.54 Å². The lowest BCUT2D eigenvalue weighted by molar-refractivity contribution is 0.0957. The maximum absolute atomic E-state index is 13.2. The number of sulfone groups is 1. The third-order valence-electron chi connectivity index (χ3n) is 3.97. The Morgan fingerprint density at radius 1 is 1.15 bits per heavy atom. The lowest BCUT2D eigenvalue weighted by Crippen LogP contribution is -2.31. The average Bonchev–Trinajstić information content (AvgIpc) is 3.17. The fraction of sp³-hybridized carbons (Fsp3) is 0.158. The first-order valence-electron chi connectivity index (χ1n) is 8.00. The SMILES string of the molecule is Cc1ccc(S(=O)(=O)[C@H](CNC(=O)c2cccs2)c2cccnc2)cc1. The van der Waals surface area contributed by atoms with Crippen LogP contribution in [0.15, 0.2) is 71.2 Å². The van der Waals surface area contributed by atoms with Crippen molar-refractivity contribution in [1.82, 2.24) is 10.3 Å². The Bertz CT molecular complexity index is 967. The van der Waals surface area contributed by atoms with E-state index in [1.807, 2.05) is 6.92 Å². The summed E-state index contributed by atoms with van der Waals surface area (Å²) in [5, 5.41) is 3.62. The highest BCUT2D eigenvalue weighted by Crippen LogP contribution is 2.28. The van der Waals surface area contributed by atoms with Gasteiger partial charge in [-0.3, -0.25) is 9.78 Å². The molecule has 0 spiro atoms. The van der Waals surface area contributed by atoms with Gasteiger partial charge in [-0.1, -0.05) is 29.8 Å². The molecule has 0 radical (unpaired) electrons. The third kappa shape index (κ3) is 4.00. The molecular formula is C19H18N2O3S2. The molecular weight excluding hydrogens is 368 g/mol. The summed E-state index contributed by atoms with van der Waals surface area (Å²) in [7, 11) is -3.69. The number of thiophene rings is 1. The van der Waals surface area contributed by atoms with Crippen LogP contribution >= 0.6 is 11.3 Å². The zero-order chi connectivity index (χ0) is 18.6. The van der Waals surface area contributed by atoms with Crippen LogP contribution in [0.5, 0.6) is 0 Å². The zero-order valence-electron chi connectivity index (χ0n) is 14.1. The Labute approximate surface area is 156 Å². The lowest BCUT2D eigenvalue weighted by Gasteiger charge is -2.18. The van der Waals surface area contributed by atoms with Gasteiger partial charge in [0.05, 0.1) is 9.77 Å². The number of nitrogens with one attached hydrogen (secondary N) is 1. The van der Waals surface area contributed by atoms with E-state index < -0.39 is 15.1 Å². The van der Waals surface area contributed by atoms with E-state index in [4.69, 9.17) is 0 Å². The van der Waals surface area contributed by atoms with E-state index >= 15 is 0 Å². The maximum atomic E-state index is 13.2. The normalized spacial score (nSPS) is 12.5. The van der Waals surface area contributed by atoms with Crippen molar-refractivity contribution >= 4 is 27.1 Å². The number of carbonyl (C=O) groups excluding carboxylic acids is 1. The van der Waals surface area contributed by atoms with Crippen LogP contribution in [0.4, 0.5) is 0 Å². The van der Waals surface area contributed by atoms with E-state index in [9.17, 15) is 13.2 Å². The van der Waals surface area contributed by atoms with Crippen molar-refractivity contribution in [3.63, 3.8) is 0 Å². The summed E-state index contributed by atoms with van der Waals surface area (Å²) >= 11 is 1.31. The van der Waals surface area contributed by atoms with Gasteiger partial charge in [-0.2, -0.15) is 0 Å². The number of aryl methyl sites for hydroxylation is 1. The highest BCUT2D eigenvalue weighted by Gasteiger charge is 2.30. The number of hydrogen-bond donors (Lipinski definition) is 1. The average molecular weight is 386 g/mol. The first-order valence-corrected chi connectivity index (χ1v) is 10.4. The minimum atomic E-state index is -3.69. The number of pyridine rings is 1. The van der Waals surface area contributed by atoms with Gasteiger partial charge in [0.25, 0.3) is 5.91 Å². The van der Waals surface area contributed by atoms with Crippen molar-refractivity contribution in [3.8, 4) is 0 Å². The van der Waals surface area contributed by atoms with Crippen LogP contribution in [0.2, 0.25) is 0 Å². The van der Waals surface area contributed by atoms with Gasteiger partial charge in [-0.25, -0.2) is 8.42 Å². The number of aromatic nitrogens is 1. The monoisotopic (exact) mass is 386 g/mol. The van der Waals surface area contributed by atoms with Crippen LogP contribution in [0.1, 0.15) is 26.0 Å². The largest absolute Gasteiger partial charge is 0.350 e. The van der Waals surface area contributed by atoms with Gasteiger partial charge in [0.2, 0.25) is 0 Å². The Morgan fingerprint density at radius 3 is 2.54 bits per heavy atom. The number of hydrogen-bond acceptors (Lipinski definition) is 5. The van der Waals surface area contributed by atoms with E-state index in [0.717, 1.165) is 5.56 Å². The fourth-order valence-electron chi connectivity index (χ4n) is 2.55. The van der Waals surface area contributed by atoms with Crippen LogP contribution < -0.4 is 5.32 Å². The third-order valence-corrected chi connectivity index (χ3v) is 6.96. The first-order chi connectivity index (χ1) is 12.5. The predicted octanol–water partition coefficient (Wildman–Crippen LogP) is 3.40. The van der Waals surface area contributed by atoms with Crippen molar-refractivity contribution in [2.45, 2.75) is 17.1 Å². The molecule has 7 heteroatoms. The summed E-state index contributed by atoms with van der Waals surface area (Å²) in [5.74, 6) is -0.284. The molecule has 0 fully saturated rings. The Balaban J connectivity index is 1.91. The summed E-state index contributed by atoms with van der Waals surface area (Å²) in [6.45, 7) is 1.87. The van der Waals surface area contributed by atoms with E-state index in [0.29, 0.717) is 10.4 Å². The molecule has 26 heavy (non-hydrogen) atoms. The number of benzene rings is 1.